The van der Waals surface area contributed by atoms with Crippen LogP contribution in [0.2, 0.25) is 0 Å². The minimum atomic E-state index is -0.322. The molecule has 5 aromatic rings. The first-order valence-corrected chi connectivity index (χ1v) is 11.2. The molecular formula is C24H24N8O2. The lowest BCUT2D eigenvalue weighted by atomic mass is 9.98. The van der Waals surface area contributed by atoms with Gasteiger partial charge in [-0.3, -0.25) is 9.48 Å². The van der Waals surface area contributed by atoms with E-state index in [-0.39, 0.29) is 12.4 Å². The van der Waals surface area contributed by atoms with Crippen LogP contribution in [0.4, 0.5) is 0 Å². The van der Waals surface area contributed by atoms with Crippen LogP contribution in [0.1, 0.15) is 30.8 Å². The Hall–Kier alpha value is -4.34. The van der Waals surface area contributed by atoms with E-state index < -0.39 is 0 Å². The number of aromatic amines is 1. The quantitative estimate of drug-likeness (QED) is 0.357. The molecule has 1 N–H and O–H groups in total. The Kier molecular flexibility index (Phi) is 5.86. The molecule has 0 radical (unpaired) electrons. The molecular weight excluding hydrogens is 432 g/mol. The van der Waals surface area contributed by atoms with Crippen molar-refractivity contribution in [1.82, 2.24) is 40.0 Å². The zero-order valence-corrected chi connectivity index (χ0v) is 19.0. The van der Waals surface area contributed by atoms with Crippen molar-refractivity contribution in [2.24, 2.45) is 0 Å². The van der Waals surface area contributed by atoms with Crippen molar-refractivity contribution in [3.05, 3.63) is 71.7 Å². The third-order valence-electron chi connectivity index (χ3n) is 5.58. The molecule has 0 amide bonds. The topological polar surface area (TPSA) is 116 Å². The second kappa shape index (κ2) is 9.26. The van der Waals surface area contributed by atoms with Crippen molar-refractivity contribution in [2.75, 3.05) is 6.61 Å². The van der Waals surface area contributed by atoms with Crippen molar-refractivity contribution >= 4 is 11.6 Å². The van der Waals surface area contributed by atoms with E-state index in [1.54, 1.807) is 11.6 Å². The summed E-state index contributed by atoms with van der Waals surface area (Å²) >= 11 is 0. The molecule has 2 aromatic carbocycles. The number of aromatic nitrogens is 8. The third kappa shape index (κ3) is 4.17. The number of fused-ring (bicyclic) bond motifs is 1. The number of benzene rings is 2. The standard InChI is InChI=1S/C24H24N8O2/c1-3-17-15-31(32-24(17)25-21(28-32)13-22(33)34-4-2)14-16-9-11-18(12-10-16)19-7-5-6-8-20(19)23-26-29-30-27-23/h5-12,15H,3-4,13-14H2,1-2H3,(H,26,27,29,30). The molecule has 34 heavy (non-hydrogen) atoms. The highest BCUT2D eigenvalue weighted by atomic mass is 16.5. The van der Waals surface area contributed by atoms with Gasteiger partial charge in [-0.15, -0.1) is 15.3 Å². The summed E-state index contributed by atoms with van der Waals surface area (Å²) in [5.41, 5.74) is 5.98. The van der Waals surface area contributed by atoms with E-state index in [0.29, 0.717) is 24.8 Å². The summed E-state index contributed by atoms with van der Waals surface area (Å²) in [7, 11) is 0. The van der Waals surface area contributed by atoms with Gasteiger partial charge in [0, 0.05) is 17.3 Å². The first-order chi connectivity index (χ1) is 16.7. The Balaban J connectivity index is 1.41. The van der Waals surface area contributed by atoms with E-state index in [1.807, 2.05) is 28.9 Å². The van der Waals surface area contributed by atoms with Gasteiger partial charge in [0.1, 0.15) is 6.42 Å². The second-order valence-electron chi connectivity index (χ2n) is 7.81. The van der Waals surface area contributed by atoms with Crippen molar-refractivity contribution in [3.8, 4) is 22.5 Å². The van der Waals surface area contributed by atoms with Crippen LogP contribution in [-0.2, 0) is 28.9 Å². The average molecular weight is 457 g/mol. The van der Waals surface area contributed by atoms with Gasteiger partial charge >= 0.3 is 5.97 Å². The number of rotatable bonds is 8. The van der Waals surface area contributed by atoms with Gasteiger partial charge in [0.05, 0.1) is 13.2 Å². The number of carbonyl (C=O) groups is 1. The minimum absolute atomic E-state index is 0.0627. The predicted octanol–water partition coefficient (Wildman–Crippen LogP) is 3.09. The Bertz CT molecular complexity index is 1420. The fourth-order valence-corrected chi connectivity index (χ4v) is 3.98. The molecule has 0 bridgehead atoms. The molecule has 10 nitrogen and oxygen atoms in total. The van der Waals surface area contributed by atoms with E-state index in [1.165, 1.54) is 0 Å². The van der Waals surface area contributed by atoms with Gasteiger partial charge in [-0.2, -0.15) is 9.84 Å². The highest BCUT2D eigenvalue weighted by Crippen LogP contribution is 2.29. The van der Waals surface area contributed by atoms with Crippen LogP contribution in [0.5, 0.6) is 0 Å². The van der Waals surface area contributed by atoms with Crippen LogP contribution in [0.3, 0.4) is 0 Å². The van der Waals surface area contributed by atoms with Crippen LogP contribution in [-0.4, -0.2) is 52.6 Å². The van der Waals surface area contributed by atoms with E-state index in [4.69, 9.17) is 4.74 Å². The molecule has 0 unspecified atom stereocenters. The number of nitrogens with one attached hydrogen (secondary N) is 1. The highest BCUT2D eigenvalue weighted by molar-refractivity contribution is 5.80. The predicted molar refractivity (Wildman–Crippen MR) is 125 cm³/mol. The normalized spacial score (nSPS) is 11.2. The maximum atomic E-state index is 11.9. The van der Waals surface area contributed by atoms with E-state index in [0.717, 1.165) is 39.9 Å². The fraction of sp³-hybridized carbons (Fsp3) is 0.250. The van der Waals surface area contributed by atoms with Crippen molar-refractivity contribution in [2.45, 2.75) is 33.2 Å². The SMILES string of the molecule is CCOC(=O)Cc1nc2c(CC)cn(Cc3ccc(-c4ccccc4-c4nn[nH]n4)cc3)n2n1. The molecule has 0 saturated carbocycles. The number of H-pyrrole nitrogens is 1. The highest BCUT2D eigenvalue weighted by Gasteiger charge is 2.16. The third-order valence-corrected chi connectivity index (χ3v) is 5.58. The zero-order chi connectivity index (χ0) is 23.5. The average Bonchev–Trinajstić information content (AvgIpc) is 3.58. The van der Waals surface area contributed by atoms with Crippen molar-refractivity contribution < 1.29 is 9.53 Å². The number of nitrogens with zero attached hydrogens (tertiary/aromatic N) is 7. The molecule has 10 heteroatoms. The summed E-state index contributed by atoms with van der Waals surface area (Å²) in [6.07, 6.45) is 2.94. The number of hydrogen-bond donors (Lipinski definition) is 1. The van der Waals surface area contributed by atoms with Crippen LogP contribution in [0.15, 0.2) is 54.7 Å². The first-order valence-electron chi connectivity index (χ1n) is 11.2. The monoisotopic (exact) mass is 456 g/mol. The van der Waals surface area contributed by atoms with Crippen LogP contribution in [0, 0.1) is 0 Å². The van der Waals surface area contributed by atoms with E-state index >= 15 is 0 Å². The first kappa shape index (κ1) is 21.5. The lowest BCUT2D eigenvalue weighted by Crippen LogP contribution is -2.11. The number of hydrogen-bond acceptors (Lipinski definition) is 7. The number of ether oxygens (including phenoxy) is 1. The van der Waals surface area contributed by atoms with Crippen molar-refractivity contribution in [1.29, 1.82) is 0 Å². The molecule has 0 spiro atoms. The van der Waals surface area contributed by atoms with E-state index in [9.17, 15) is 4.79 Å². The Morgan fingerprint density at radius 3 is 2.56 bits per heavy atom. The van der Waals surface area contributed by atoms with Gasteiger partial charge in [0.25, 0.3) is 0 Å². The maximum absolute atomic E-state index is 11.9. The summed E-state index contributed by atoms with van der Waals surface area (Å²) in [6.45, 7) is 4.82. The Labute approximate surface area is 195 Å². The molecule has 0 aliphatic carbocycles. The molecule has 5 rings (SSSR count). The van der Waals surface area contributed by atoms with Gasteiger partial charge in [0.15, 0.2) is 11.5 Å². The zero-order valence-electron chi connectivity index (χ0n) is 19.0. The molecule has 0 saturated heterocycles. The maximum Gasteiger partial charge on any atom is 0.313 e. The van der Waals surface area contributed by atoms with Gasteiger partial charge in [0.2, 0.25) is 5.82 Å². The van der Waals surface area contributed by atoms with Gasteiger partial charge in [-0.05, 0) is 35.2 Å². The van der Waals surface area contributed by atoms with Crippen LogP contribution in [0.25, 0.3) is 28.2 Å². The van der Waals surface area contributed by atoms with Crippen molar-refractivity contribution in [3.63, 3.8) is 0 Å². The van der Waals surface area contributed by atoms with Gasteiger partial charge in [-0.25, -0.2) is 4.98 Å². The minimum Gasteiger partial charge on any atom is -0.466 e. The second-order valence-corrected chi connectivity index (χ2v) is 7.81. The van der Waals surface area contributed by atoms with Gasteiger partial charge < -0.3 is 4.74 Å². The van der Waals surface area contributed by atoms with Gasteiger partial charge in [-0.1, -0.05) is 55.5 Å². The molecule has 3 heterocycles. The largest absolute Gasteiger partial charge is 0.466 e. The molecule has 0 aliphatic heterocycles. The Morgan fingerprint density at radius 2 is 1.85 bits per heavy atom. The molecule has 0 aliphatic rings. The smallest absolute Gasteiger partial charge is 0.313 e. The number of aryl methyl sites for hydroxylation is 1. The lowest BCUT2D eigenvalue weighted by molar-refractivity contribution is -0.142. The number of esters is 1. The molecule has 3 aromatic heterocycles. The summed E-state index contributed by atoms with van der Waals surface area (Å²) < 4.78 is 8.82. The Morgan fingerprint density at radius 1 is 1.06 bits per heavy atom. The summed E-state index contributed by atoms with van der Waals surface area (Å²) in [5.74, 6) is 0.703. The summed E-state index contributed by atoms with van der Waals surface area (Å²) in [4.78, 5) is 16.4. The van der Waals surface area contributed by atoms with Crippen LogP contribution < -0.4 is 0 Å². The van der Waals surface area contributed by atoms with E-state index in [2.05, 4.69) is 68.1 Å². The molecule has 172 valence electrons. The summed E-state index contributed by atoms with van der Waals surface area (Å²) in [6, 6.07) is 16.3. The molecule has 0 fully saturated rings. The number of tetrazole rings is 1. The van der Waals surface area contributed by atoms with Crippen LogP contribution >= 0.6 is 0 Å². The number of carbonyl (C=O) groups excluding carboxylic acids is 1. The molecule has 0 atom stereocenters. The fourth-order valence-electron chi connectivity index (χ4n) is 3.98. The lowest BCUT2D eigenvalue weighted by Gasteiger charge is -2.09. The summed E-state index contributed by atoms with van der Waals surface area (Å²) in [5, 5.41) is 19.0.